The van der Waals surface area contributed by atoms with Gasteiger partial charge in [-0.3, -0.25) is 0 Å². The lowest BCUT2D eigenvalue weighted by atomic mass is 9.68. The molecule has 0 aliphatic heterocycles. The molecule has 2 aliphatic carbocycles. The van der Waals surface area contributed by atoms with Crippen molar-refractivity contribution in [3.8, 4) is 11.5 Å². The Labute approximate surface area is 217 Å². The highest BCUT2D eigenvalue weighted by molar-refractivity contribution is 5.52. The fourth-order valence-corrected chi connectivity index (χ4v) is 7.51. The van der Waals surface area contributed by atoms with Crippen LogP contribution in [-0.2, 0) is 0 Å². The first-order chi connectivity index (χ1) is 17.2. The van der Waals surface area contributed by atoms with Crippen molar-refractivity contribution in [1.82, 2.24) is 0 Å². The molecule has 5 rings (SSSR count). The fourth-order valence-electron chi connectivity index (χ4n) is 7.51. The molecule has 3 aromatic rings. The van der Waals surface area contributed by atoms with Gasteiger partial charge in [0.15, 0.2) is 0 Å². The van der Waals surface area contributed by atoms with E-state index in [1.165, 1.54) is 47.1 Å². The van der Waals surface area contributed by atoms with E-state index in [0.717, 1.165) is 17.0 Å². The molecule has 2 bridgehead atoms. The van der Waals surface area contributed by atoms with Crippen molar-refractivity contribution in [2.75, 3.05) is 0 Å². The van der Waals surface area contributed by atoms with Crippen LogP contribution in [0.5, 0.6) is 11.5 Å². The second-order valence-corrected chi connectivity index (χ2v) is 12.2. The summed E-state index contributed by atoms with van der Waals surface area (Å²) in [6.45, 7) is 13.0. The van der Waals surface area contributed by atoms with Crippen LogP contribution < -0.4 is 0 Å². The fraction of sp³-hybridized carbons (Fsp3) is 0.471. The Morgan fingerprint density at radius 2 is 1.17 bits per heavy atom. The Morgan fingerprint density at radius 1 is 0.639 bits per heavy atom. The predicted octanol–water partition coefficient (Wildman–Crippen LogP) is 8.92. The molecular weight excluding hydrogens is 440 g/mol. The number of hydrogen-bond donors (Lipinski definition) is 2. The summed E-state index contributed by atoms with van der Waals surface area (Å²) >= 11 is 0. The van der Waals surface area contributed by atoms with Crippen molar-refractivity contribution in [2.45, 2.75) is 84.5 Å². The zero-order chi connectivity index (χ0) is 25.7. The molecule has 0 radical (unpaired) electrons. The van der Waals surface area contributed by atoms with E-state index in [1.807, 2.05) is 12.1 Å². The highest BCUT2D eigenvalue weighted by atomic mass is 16.3. The number of phenolic OH excluding ortho intramolecular Hbond substituents is 2. The van der Waals surface area contributed by atoms with E-state index in [0.29, 0.717) is 29.3 Å². The first-order valence-electron chi connectivity index (χ1n) is 13.9. The van der Waals surface area contributed by atoms with E-state index in [1.54, 1.807) is 0 Å². The van der Waals surface area contributed by atoms with Crippen LogP contribution in [0.25, 0.3) is 0 Å². The summed E-state index contributed by atoms with van der Waals surface area (Å²) in [5, 5.41) is 21.5. The first-order valence-corrected chi connectivity index (χ1v) is 13.9. The largest absolute Gasteiger partial charge is 0.508 e. The molecule has 2 heteroatoms. The smallest absolute Gasteiger partial charge is 0.119 e. The Balaban J connectivity index is 1.62. The van der Waals surface area contributed by atoms with Crippen LogP contribution in [0.15, 0.2) is 54.6 Å². The van der Waals surface area contributed by atoms with Crippen molar-refractivity contribution in [2.24, 2.45) is 17.8 Å². The van der Waals surface area contributed by atoms with E-state index >= 15 is 0 Å². The molecular formula is C34H42O2. The second-order valence-electron chi connectivity index (χ2n) is 12.2. The van der Waals surface area contributed by atoms with Crippen LogP contribution in [0, 0.1) is 31.6 Å². The molecule has 0 amide bonds. The van der Waals surface area contributed by atoms with E-state index in [9.17, 15) is 10.2 Å². The summed E-state index contributed by atoms with van der Waals surface area (Å²) in [6.07, 6.45) is 3.81. The summed E-state index contributed by atoms with van der Waals surface area (Å²) in [6, 6.07) is 19.7. The first kappa shape index (κ1) is 24.9. The third-order valence-electron chi connectivity index (χ3n) is 9.31. The number of hydrogen-bond acceptors (Lipinski definition) is 2. The van der Waals surface area contributed by atoms with E-state index < -0.39 is 0 Å². The molecule has 0 aromatic heterocycles. The normalized spacial score (nSPS) is 23.4. The third-order valence-corrected chi connectivity index (χ3v) is 9.31. The Kier molecular flexibility index (Phi) is 6.66. The lowest BCUT2D eigenvalue weighted by Gasteiger charge is -2.36. The summed E-state index contributed by atoms with van der Waals surface area (Å²) < 4.78 is 0. The molecule has 2 nitrogen and oxygen atoms in total. The van der Waals surface area contributed by atoms with Crippen LogP contribution in [0.3, 0.4) is 0 Å². The minimum atomic E-state index is 0.264. The average Bonchev–Trinajstić information content (AvgIpc) is 3.43. The van der Waals surface area contributed by atoms with Crippen LogP contribution in [0.4, 0.5) is 0 Å². The highest BCUT2D eigenvalue weighted by Gasteiger charge is 2.49. The summed E-state index contributed by atoms with van der Waals surface area (Å²) in [4.78, 5) is 0. The zero-order valence-electron chi connectivity index (χ0n) is 22.8. The molecule has 36 heavy (non-hydrogen) atoms. The Morgan fingerprint density at radius 3 is 1.61 bits per heavy atom. The molecule has 2 N–H and O–H groups in total. The van der Waals surface area contributed by atoms with Gasteiger partial charge in [-0.05, 0) is 120 Å². The molecule has 0 saturated heterocycles. The van der Waals surface area contributed by atoms with Gasteiger partial charge in [0.25, 0.3) is 0 Å². The van der Waals surface area contributed by atoms with E-state index in [-0.39, 0.29) is 17.8 Å². The molecule has 0 heterocycles. The predicted molar refractivity (Wildman–Crippen MR) is 149 cm³/mol. The van der Waals surface area contributed by atoms with Crippen molar-refractivity contribution in [3.05, 3.63) is 93.5 Å². The van der Waals surface area contributed by atoms with Gasteiger partial charge in [-0.1, -0.05) is 70.2 Å². The van der Waals surface area contributed by atoms with Gasteiger partial charge < -0.3 is 10.2 Å². The molecule has 4 atom stereocenters. The molecule has 2 aliphatic rings. The van der Waals surface area contributed by atoms with Gasteiger partial charge in [0.05, 0.1) is 0 Å². The molecule has 0 spiro atoms. The van der Waals surface area contributed by atoms with Crippen LogP contribution in [0.2, 0.25) is 0 Å². The quantitative estimate of drug-likeness (QED) is 0.368. The van der Waals surface area contributed by atoms with E-state index in [2.05, 4.69) is 84.0 Å². The number of rotatable bonds is 6. The monoisotopic (exact) mass is 482 g/mol. The summed E-state index contributed by atoms with van der Waals surface area (Å²) in [5.41, 5.74) is 8.62. The Bertz CT molecular complexity index is 1180. The zero-order valence-corrected chi connectivity index (χ0v) is 22.8. The van der Waals surface area contributed by atoms with Gasteiger partial charge >= 0.3 is 0 Å². The van der Waals surface area contributed by atoms with Gasteiger partial charge in [-0.2, -0.15) is 0 Å². The van der Waals surface area contributed by atoms with Crippen LogP contribution in [0.1, 0.15) is 110 Å². The molecule has 4 unspecified atom stereocenters. The van der Waals surface area contributed by atoms with Crippen molar-refractivity contribution in [1.29, 1.82) is 0 Å². The molecule has 3 aromatic carbocycles. The van der Waals surface area contributed by atoms with E-state index in [4.69, 9.17) is 0 Å². The SMILES string of the molecule is Cc1cc(O)c(C(C)C)cc1C(c1cc(C(C)C)c(O)cc1C)C1CC2CC1CC2c1ccccc1. The lowest BCUT2D eigenvalue weighted by Crippen LogP contribution is -2.25. The molecule has 2 saturated carbocycles. The number of phenols is 2. The van der Waals surface area contributed by atoms with Gasteiger partial charge in [-0.15, -0.1) is 0 Å². The third kappa shape index (κ3) is 4.33. The van der Waals surface area contributed by atoms with Crippen molar-refractivity contribution in [3.63, 3.8) is 0 Å². The standard InChI is InChI=1S/C34H42O2/c1-19(2)26-17-28(21(5)12-32(26)35)34(29-18-27(20(3)4)33(36)13-22(29)6)31-16-24-14-25(31)15-30(24)23-10-8-7-9-11-23/h7-13,17-20,24-25,30-31,34-36H,14-16H2,1-6H3. The average molecular weight is 483 g/mol. The van der Waals surface area contributed by atoms with Crippen molar-refractivity contribution < 1.29 is 10.2 Å². The van der Waals surface area contributed by atoms with Crippen LogP contribution in [-0.4, -0.2) is 10.2 Å². The summed E-state index contributed by atoms with van der Waals surface area (Å²) in [7, 11) is 0. The van der Waals surface area contributed by atoms with Crippen molar-refractivity contribution >= 4 is 0 Å². The topological polar surface area (TPSA) is 40.5 Å². The molecule has 2 fully saturated rings. The maximum atomic E-state index is 10.7. The van der Waals surface area contributed by atoms with Gasteiger partial charge in [0.1, 0.15) is 11.5 Å². The number of benzene rings is 3. The number of fused-ring (bicyclic) bond motifs is 2. The Hall–Kier alpha value is -2.74. The minimum absolute atomic E-state index is 0.264. The second kappa shape index (κ2) is 9.61. The lowest BCUT2D eigenvalue weighted by molar-refractivity contribution is 0.279. The maximum Gasteiger partial charge on any atom is 0.119 e. The maximum absolute atomic E-state index is 10.7. The van der Waals surface area contributed by atoms with Gasteiger partial charge in [-0.25, -0.2) is 0 Å². The van der Waals surface area contributed by atoms with Gasteiger partial charge in [0.2, 0.25) is 0 Å². The minimum Gasteiger partial charge on any atom is -0.508 e. The summed E-state index contributed by atoms with van der Waals surface area (Å²) in [5.74, 6) is 4.28. The number of aromatic hydroxyl groups is 2. The van der Waals surface area contributed by atoms with Gasteiger partial charge in [0, 0.05) is 5.92 Å². The highest BCUT2D eigenvalue weighted by Crippen LogP contribution is 2.61. The van der Waals surface area contributed by atoms with Crippen LogP contribution >= 0.6 is 0 Å². The molecule has 190 valence electrons. The number of aryl methyl sites for hydroxylation is 2.